The minimum Gasteiger partial charge on any atom is -0.495 e. The van der Waals surface area contributed by atoms with E-state index in [0.29, 0.717) is 53.8 Å². The number of nitriles is 1. The van der Waals surface area contributed by atoms with Crippen molar-refractivity contribution < 1.29 is 14.3 Å². The lowest BCUT2D eigenvalue weighted by molar-refractivity contribution is 0.111. The Bertz CT molecular complexity index is 843. The maximum atomic E-state index is 12.5. The highest BCUT2D eigenvalue weighted by Crippen LogP contribution is 2.28. The number of anilines is 1. The number of methoxy groups -OCH3 is 1. The number of urea groups is 1. The van der Waals surface area contributed by atoms with Crippen LogP contribution in [-0.2, 0) is 0 Å². The van der Waals surface area contributed by atoms with Crippen LogP contribution in [0.25, 0.3) is 0 Å². The fourth-order valence-corrected chi connectivity index (χ4v) is 3.01. The summed E-state index contributed by atoms with van der Waals surface area (Å²) in [5.74, 6) is 1.04. The number of halogens is 1. The van der Waals surface area contributed by atoms with Crippen LogP contribution < -0.4 is 14.8 Å². The molecule has 1 aliphatic rings. The quantitative estimate of drug-likeness (QED) is 0.865. The molecule has 1 fully saturated rings. The molecule has 3 rings (SSSR count). The van der Waals surface area contributed by atoms with Crippen molar-refractivity contribution in [3.8, 4) is 17.7 Å². The summed E-state index contributed by atoms with van der Waals surface area (Å²) in [5, 5.41) is 12.2. The second-order valence-electron chi connectivity index (χ2n) is 6.08. The Kier molecular flexibility index (Phi) is 5.99. The fraction of sp³-hybridized carbons (Fsp3) is 0.316. The third-order valence-corrected chi connectivity index (χ3v) is 4.52. The van der Waals surface area contributed by atoms with Crippen molar-refractivity contribution >= 4 is 23.3 Å². The van der Waals surface area contributed by atoms with Crippen LogP contribution in [0.5, 0.6) is 11.6 Å². The number of nitrogens with one attached hydrogen (secondary N) is 1. The zero-order chi connectivity index (χ0) is 19.2. The van der Waals surface area contributed by atoms with Gasteiger partial charge in [0.25, 0.3) is 0 Å². The van der Waals surface area contributed by atoms with Crippen LogP contribution >= 0.6 is 11.6 Å². The molecule has 8 heteroatoms. The maximum Gasteiger partial charge on any atom is 0.321 e. The summed E-state index contributed by atoms with van der Waals surface area (Å²) in [7, 11) is 1.54. The summed E-state index contributed by atoms with van der Waals surface area (Å²) in [6.07, 6.45) is 2.86. The lowest BCUT2D eigenvalue weighted by atomic mass is 10.1. The molecule has 0 radical (unpaired) electrons. The molecule has 0 unspecified atom stereocenters. The minimum atomic E-state index is -0.203. The van der Waals surface area contributed by atoms with Gasteiger partial charge in [0.05, 0.1) is 18.4 Å². The lowest BCUT2D eigenvalue weighted by Crippen LogP contribution is -2.43. The predicted molar refractivity (Wildman–Crippen MR) is 101 cm³/mol. The van der Waals surface area contributed by atoms with Gasteiger partial charge in [0.15, 0.2) is 0 Å². The molecule has 1 aromatic carbocycles. The number of rotatable bonds is 4. The van der Waals surface area contributed by atoms with E-state index in [-0.39, 0.29) is 12.1 Å². The number of benzene rings is 1. The Morgan fingerprint density at radius 1 is 1.33 bits per heavy atom. The Labute approximate surface area is 162 Å². The second kappa shape index (κ2) is 8.60. The Balaban J connectivity index is 1.53. The van der Waals surface area contributed by atoms with Crippen LogP contribution in [0, 0.1) is 11.3 Å². The van der Waals surface area contributed by atoms with E-state index >= 15 is 0 Å². The van der Waals surface area contributed by atoms with Gasteiger partial charge in [-0.05, 0) is 24.3 Å². The maximum absolute atomic E-state index is 12.5. The van der Waals surface area contributed by atoms with E-state index in [2.05, 4.69) is 10.3 Å². The second-order valence-corrected chi connectivity index (χ2v) is 6.51. The topological polar surface area (TPSA) is 87.5 Å². The largest absolute Gasteiger partial charge is 0.495 e. The van der Waals surface area contributed by atoms with Crippen molar-refractivity contribution in [3.05, 3.63) is 47.1 Å². The van der Waals surface area contributed by atoms with Crippen LogP contribution in [0.3, 0.4) is 0 Å². The molecular weight excluding hydrogens is 368 g/mol. The van der Waals surface area contributed by atoms with Crippen molar-refractivity contribution in [2.45, 2.75) is 18.9 Å². The van der Waals surface area contributed by atoms with E-state index < -0.39 is 0 Å². The number of hydrogen-bond donors (Lipinski definition) is 1. The van der Waals surface area contributed by atoms with E-state index in [1.54, 1.807) is 42.3 Å². The zero-order valence-corrected chi connectivity index (χ0v) is 15.6. The van der Waals surface area contributed by atoms with Crippen LogP contribution in [0.4, 0.5) is 10.5 Å². The molecule has 7 nitrogen and oxygen atoms in total. The normalized spacial score (nSPS) is 14.3. The van der Waals surface area contributed by atoms with E-state index in [9.17, 15) is 4.79 Å². The monoisotopic (exact) mass is 386 g/mol. The number of ether oxygens (including phenoxy) is 2. The number of likely N-dealkylation sites (tertiary alicyclic amines) is 1. The first-order valence-electron chi connectivity index (χ1n) is 8.51. The minimum absolute atomic E-state index is 0.0183. The first-order valence-corrected chi connectivity index (χ1v) is 8.89. The van der Waals surface area contributed by atoms with Gasteiger partial charge >= 0.3 is 6.03 Å². The number of hydrogen-bond acceptors (Lipinski definition) is 5. The SMILES string of the molecule is COc1ccc(Cl)cc1NC(=O)N1CCC(Oc2ccc(C#N)cn2)CC1. The summed E-state index contributed by atoms with van der Waals surface area (Å²) in [6.45, 7) is 1.13. The molecule has 2 aromatic rings. The van der Waals surface area contributed by atoms with Gasteiger partial charge in [0, 0.05) is 43.2 Å². The van der Waals surface area contributed by atoms with E-state index in [1.165, 1.54) is 6.20 Å². The summed E-state index contributed by atoms with van der Waals surface area (Å²) in [5.41, 5.74) is 1.03. The highest BCUT2D eigenvalue weighted by Gasteiger charge is 2.25. The van der Waals surface area contributed by atoms with Gasteiger partial charge in [0.2, 0.25) is 5.88 Å². The first kappa shape index (κ1) is 18.8. The van der Waals surface area contributed by atoms with Crippen molar-refractivity contribution in [2.75, 3.05) is 25.5 Å². The fourth-order valence-electron chi connectivity index (χ4n) is 2.84. The molecule has 1 aliphatic heterocycles. The van der Waals surface area contributed by atoms with Crippen LogP contribution in [-0.4, -0.2) is 42.2 Å². The number of nitrogens with zero attached hydrogens (tertiary/aromatic N) is 3. The highest BCUT2D eigenvalue weighted by atomic mass is 35.5. The zero-order valence-electron chi connectivity index (χ0n) is 14.8. The van der Waals surface area contributed by atoms with Crippen molar-refractivity contribution in [3.63, 3.8) is 0 Å². The van der Waals surface area contributed by atoms with Crippen LogP contribution in [0.1, 0.15) is 18.4 Å². The number of aromatic nitrogens is 1. The number of piperidine rings is 1. The van der Waals surface area contributed by atoms with Gasteiger partial charge in [-0.15, -0.1) is 0 Å². The molecular formula is C19H19ClN4O3. The van der Waals surface area contributed by atoms with Gasteiger partial charge in [-0.2, -0.15) is 5.26 Å². The third-order valence-electron chi connectivity index (χ3n) is 4.29. The Morgan fingerprint density at radius 3 is 2.74 bits per heavy atom. The summed E-state index contributed by atoms with van der Waals surface area (Å²) >= 11 is 6.00. The lowest BCUT2D eigenvalue weighted by Gasteiger charge is -2.32. The number of carbonyl (C=O) groups excluding carboxylic acids is 1. The van der Waals surface area contributed by atoms with Gasteiger partial charge < -0.3 is 19.7 Å². The first-order chi connectivity index (χ1) is 13.1. The molecule has 2 amide bonds. The molecule has 0 saturated carbocycles. The standard InChI is InChI=1S/C19H19ClN4O3/c1-26-17-4-3-14(20)10-16(17)23-19(25)24-8-6-15(7-9-24)27-18-5-2-13(11-21)12-22-18/h2-5,10,12,15H,6-9H2,1H3,(H,23,25). The van der Waals surface area contributed by atoms with Gasteiger partial charge in [-0.1, -0.05) is 11.6 Å². The molecule has 1 aromatic heterocycles. The molecule has 1 N–H and O–H groups in total. The third kappa shape index (κ3) is 4.80. The van der Waals surface area contributed by atoms with Crippen molar-refractivity contribution in [2.24, 2.45) is 0 Å². The molecule has 27 heavy (non-hydrogen) atoms. The van der Waals surface area contributed by atoms with E-state index in [0.717, 1.165) is 0 Å². The van der Waals surface area contributed by atoms with Gasteiger partial charge in [-0.25, -0.2) is 9.78 Å². The highest BCUT2D eigenvalue weighted by molar-refractivity contribution is 6.31. The summed E-state index contributed by atoms with van der Waals surface area (Å²) in [6, 6.07) is 10.2. The van der Waals surface area contributed by atoms with Gasteiger partial charge in [-0.3, -0.25) is 0 Å². The molecule has 0 atom stereocenters. The Morgan fingerprint density at radius 2 is 2.11 bits per heavy atom. The molecule has 140 valence electrons. The molecule has 1 saturated heterocycles. The van der Waals surface area contributed by atoms with Crippen molar-refractivity contribution in [1.29, 1.82) is 5.26 Å². The summed E-state index contributed by atoms with van der Waals surface area (Å²) in [4.78, 5) is 18.4. The average molecular weight is 387 g/mol. The van der Waals surface area contributed by atoms with Gasteiger partial charge in [0.1, 0.15) is 17.9 Å². The predicted octanol–water partition coefficient (Wildman–Crippen LogP) is 3.69. The van der Waals surface area contributed by atoms with Crippen LogP contribution in [0.15, 0.2) is 36.5 Å². The molecule has 0 bridgehead atoms. The molecule has 0 spiro atoms. The summed E-state index contributed by atoms with van der Waals surface area (Å²) < 4.78 is 11.1. The average Bonchev–Trinajstić information content (AvgIpc) is 2.69. The smallest absolute Gasteiger partial charge is 0.321 e. The van der Waals surface area contributed by atoms with E-state index in [1.807, 2.05) is 6.07 Å². The molecule has 2 heterocycles. The van der Waals surface area contributed by atoms with Crippen LogP contribution in [0.2, 0.25) is 5.02 Å². The van der Waals surface area contributed by atoms with Crippen molar-refractivity contribution in [1.82, 2.24) is 9.88 Å². The number of carbonyl (C=O) groups is 1. The number of amides is 2. The number of pyridine rings is 1. The Hall–Kier alpha value is -2.98. The molecule has 0 aliphatic carbocycles. The van der Waals surface area contributed by atoms with E-state index in [4.69, 9.17) is 26.3 Å².